The lowest BCUT2D eigenvalue weighted by molar-refractivity contribution is -0.142. The molecule has 2 fully saturated rings. The van der Waals surface area contributed by atoms with Gasteiger partial charge in [0.2, 0.25) is 11.8 Å². The van der Waals surface area contributed by atoms with E-state index in [0.29, 0.717) is 13.1 Å². The Kier molecular flexibility index (Phi) is 11.9. The lowest BCUT2D eigenvalue weighted by Gasteiger charge is -2.30. The van der Waals surface area contributed by atoms with Crippen molar-refractivity contribution in [3.63, 3.8) is 0 Å². The number of aromatic nitrogens is 1. The normalized spacial score (nSPS) is 20.7. The van der Waals surface area contributed by atoms with E-state index in [4.69, 9.17) is 0 Å². The van der Waals surface area contributed by atoms with Crippen LogP contribution in [-0.2, 0) is 16.1 Å². The van der Waals surface area contributed by atoms with Gasteiger partial charge in [-0.15, -0.1) is 0 Å². The van der Waals surface area contributed by atoms with Crippen LogP contribution in [0.15, 0.2) is 24.4 Å². The minimum absolute atomic E-state index is 0.0380. The minimum Gasteiger partial charge on any atom is -0.354 e. The summed E-state index contributed by atoms with van der Waals surface area (Å²) >= 11 is 0. The van der Waals surface area contributed by atoms with Crippen LogP contribution in [0.1, 0.15) is 103 Å². The Balaban J connectivity index is 1.34. The molecule has 0 aromatic carbocycles. The molecule has 190 valence electrons. The van der Waals surface area contributed by atoms with Crippen molar-refractivity contribution in [3.8, 4) is 0 Å². The van der Waals surface area contributed by atoms with Crippen LogP contribution in [0.3, 0.4) is 0 Å². The molecular formula is C28H46N4O2. The highest BCUT2D eigenvalue weighted by atomic mass is 16.2. The number of unbranched alkanes of at least 4 members (excludes halogenated alkanes) is 9. The SMILES string of the molecule is CCCCCCCCCCCCNC(=O)C1CCCN1C(=O)[C@@H]1CCCN1Cc1ccccn1. The van der Waals surface area contributed by atoms with Crippen LogP contribution < -0.4 is 5.32 Å². The van der Waals surface area contributed by atoms with E-state index < -0.39 is 0 Å². The molecule has 34 heavy (non-hydrogen) atoms. The fraction of sp³-hybridized carbons (Fsp3) is 0.750. The Morgan fingerprint density at radius 1 is 0.912 bits per heavy atom. The number of nitrogens with zero attached hydrogens (tertiary/aromatic N) is 3. The number of hydrogen-bond donors (Lipinski definition) is 1. The summed E-state index contributed by atoms with van der Waals surface area (Å²) < 4.78 is 0. The van der Waals surface area contributed by atoms with Crippen molar-refractivity contribution in [3.05, 3.63) is 30.1 Å². The zero-order valence-corrected chi connectivity index (χ0v) is 21.4. The largest absolute Gasteiger partial charge is 0.354 e. The summed E-state index contributed by atoms with van der Waals surface area (Å²) in [5.41, 5.74) is 0.995. The summed E-state index contributed by atoms with van der Waals surface area (Å²) in [6.07, 6.45) is 18.3. The highest BCUT2D eigenvalue weighted by Gasteiger charge is 2.40. The second kappa shape index (κ2) is 15.1. The summed E-state index contributed by atoms with van der Waals surface area (Å²) in [5, 5.41) is 3.12. The van der Waals surface area contributed by atoms with Crippen molar-refractivity contribution in [1.29, 1.82) is 0 Å². The zero-order valence-electron chi connectivity index (χ0n) is 21.4. The van der Waals surface area contributed by atoms with Gasteiger partial charge in [-0.2, -0.15) is 0 Å². The van der Waals surface area contributed by atoms with E-state index in [9.17, 15) is 9.59 Å². The van der Waals surface area contributed by atoms with E-state index in [0.717, 1.165) is 50.9 Å². The zero-order chi connectivity index (χ0) is 24.0. The van der Waals surface area contributed by atoms with Gasteiger partial charge in [0.25, 0.3) is 0 Å². The second-order valence-corrected chi connectivity index (χ2v) is 10.1. The third kappa shape index (κ3) is 8.37. The van der Waals surface area contributed by atoms with Crippen LogP contribution in [0.5, 0.6) is 0 Å². The summed E-state index contributed by atoms with van der Waals surface area (Å²) in [4.78, 5) is 34.8. The van der Waals surface area contributed by atoms with Gasteiger partial charge >= 0.3 is 0 Å². The first-order valence-corrected chi connectivity index (χ1v) is 13.9. The second-order valence-electron chi connectivity index (χ2n) is 10.1. The Hall–Kier alpha value is -1.95. The van der Waals surface area contributed by atoms with Crippen LogP contribution in [0, 0.1) is 0 Å². The molecule has 3 rings (SSSR count). The van der Waals surface area contributed by atoms with Gasteiger partial charge in [-0.25, -0.2) is 0 Å². The first-order valence-electron chi connectivity index (χ1n) is 13.9. The molecule has 1 aromatic rings. The number of amides is 2. The lowest BCUT2D eigenvalue weighted by Crippen LogP contribution is -2.51. The predicted molar refractivity (Wildman–Crippen MR) is 137 cm³/mol. The first kappa shape index (κ1) is 26.7. The molecule has 2 amide bonds. The molecule has 2 saturated heterocycles. The molecular weight excluding hydrogens is 424 g/mol. The number of likely N-dealkylation sites (tertiary alicyclic amines) is 2. The highest BCUT2D eigenvalue weighted by Crippen LogP contribution is 2.26. The quantitative estimate of drug-likeness (QED) is 0.363. The standard InChI is InChI=1S/C28H46N4O2/c1-2-3-4-5-6-7-8-9-10-12-20-30-27(33)25-17-15-22-32(25)28(34)26-18-14-21-31(26)23-24-16-11-13-19-29-24/h11,13,16,19,25-26H,2-10,12,14-15,17-18,20-23H2,1H3,(H,30,33)/t25?,26-/m0/s1. The molecule has 0 saturated carbocycles. The van der Waals surface area contributed by atoms with Crippen LogP contribution >= 0.6 is 0 Å². The molecule has 0 radical (unpaired) electrons. The Labute approximate surface area is 206 Å². The van der Waals surface area contributed by atoms with Gasteiger partial charge in [0, 0.05) is 25.8 Å². The molecule has 6 heteroatoms. The number of carbonyl (C=O) groups is 2. The van der Waals surface area contributed by atoms with Gasteiger partial charge in [0.15, 0.2) is 0 Å². The highest BCUT2D eigenvalue weighted by molar-refractivity contribution is 5.90. The Bertz CT molecular complexity index is 726. The van der Waals surface area contributed by atoms with Gasteiger partial charge < -0.3 is 10.2 Å². The smallest absolute Gasteiger partial charge is 0.242 e. The van der Waals surface area contributed by atoms with E-state index in [1.54, 1.807) is 6.20 Å². The van der Waals surface area contributed by atoms with Crippen molar-refractivity contribution >= 4 is 11.8 Å². The van der Waals surface area contributed by atoms with Gasteiger partial charge in [-0.3, -0.25) is 19.5 Å². The summed E-state index contributed by atoms with van der Waals surface area (Å²) in [5.74, 6) is 0.168. The van der Waals surface area contributed by atoms with E-state index in [-0.39, 0.29) is 23.9 Å². The van der Waals surface area contributed by atoms with Gasteiger partial charge in [0.05, 0.1) is 11.7 Å². The molecule has 2 aliphatic rings. The Morgan fingerprint density at radius 3 is 2.29 bits per heavy atom. The Morgan fingerprint density at radius 2 is 1.59 bits per heavy atom. The summed E-state index contributed by atoms with van der Waals surface area (Å²) in [6.45, 7) is 5.29. The average molecular weight is 471 g/mol. The van der Waals surface area contributed by atoms with Crippen molar-refractivity contribution in [2.45, 2.75) is 115 Å². The van der Waals surface area contributed by atoms with Crippen LogP contribution in [0.2, 0.25) is 0 Å². The molecule has 1 unspecified atom stereocenters. The molecule has 0 spiro atoms. The molecule has 0 bridgehead atoms. The summed E-state index contributed by atoms with van der Waals surface area (Å²) in [7, 11) is 0. The molecule has 1 aromatic heterocycles. The average Bonchev–Trinajstić information content (AvgIpc) is 3.53. The number of rotatable bonds is 15. The molecule has 2 atom stereocenters. The van der Waals surface area contributed by atoms with Crippen molar-refractivity contribution in [1.82, 2.24) is 20.1 Å². The van der Waals surface area contributed by atoms with E-state index in [1.165, 1.54) is 57.8 Å². The molecule has 1 N–H and O–H groups in total. The lowest BCUT2D eigenvalue weighted by atomic mass is 10.1. The van der Waals surface area contributed by atoms with E-state index in [2.05, 4.69) is 22.1 Å². The van der Waals surface area contributed by atoms with Gasteiger partial charge in [-0.1, -0.05) is 70.8 Å². The van der Waals surface area contributed by atoms with E-state index in [1.807, 2.05) is 23.1 Å². The van der Waals surface area contributed by atoms with Crippen molar-refractivity contribution in [2.75, 3.05) is 19.6 Å². The maximum absolute atomic E-state index is 13.4. The van der Waals surface area contributed by atoms with E-state index >= 15 is 0 Å². The number of pyridine rings is 1. The summed E-state index contributed by atoms with van der Waals surface area (Å²) in [6, 6.07) is 5.49. The number of carbonyl (C=O) groups excluding carboxylic acids is 2. The maximum atomic E-state index is 13.4. The predicted octanol–water partition coefficient (Wildman–Crippen LogP) is 5.07. The fourth-order valence-corrected chi connectivity index (χ4v) is 5.43. The van der Waals surface area contributed by atoms with Gasteiger partial charge in [-0.05, 0) is 50.8 Å². The third-order valence-electron chi connectivity index (χ3n) is 7.41. The van der Waals surface area contributed by atoms with Crippen molar-refractivity contribution < 1.29 is 9.59 Å². The first-order chi connectivity index (χ1) is 16.7. The van der Waals surface area contributed by atoms with Gasteiger partial charge in [0.1, 0.15) is 6.04 Å². The monoisotopic (exact) mass is 470 g/mol. The molecule has 0 aliphatic carbocycles. The molecule has 3 heterocycles. The van der Waals surface area contributed by atoms with Crippen LogP contribution in [0.4, 0.5) is 0 Å². The fourth-order valence-electron chi connectivity index (χ4n) is 5.43. The number of hydrogen-bond acceptors (Lipinski definition) is 4. The van der Waals surface area contributed by atoms with Crippen LogP contribution in [0.25, 0.3) is 0 Å². The topological polar surface area (TPSA) is 65.5 Å². The molecule has 6 nitrogen and oxygen atoms in total. The molecule has 2 aliphatic heterocycles. The van der Waals surface area contributed by atoms with Crippen LogP contribution in [-0.4, -0.2) is 58.3 Å². The van der Waals surface area contributed by atoms with Crippen molar-refractivity contribution in [2.24, 2.45) is 0 Å². The number of nitrogens with one attached hydrogen (secondary N) is 1. The maximum Gasteiger partial charge on any atom is 0.242 e. The minimum atomic E-state index is -0.298. The third-order valence-corrected chi connectivity index (χ3v) is 7.41.